The van der Waals surface area contributed by atoms with Crippen molar-refractivity contribution < 1.29 is 4.74 Å². The van der Waals surface area contributed by atoms with E-state index in [-0.39, 0.29) is 18.1 Å². The van der Waals surface area contributed by atoms with Crippen molar-refractivity contribution >= 4 is 23.2 Å². The molecule has 2 aliphatic heterocycles. The highest BCUT2D eigenvalue weighted by atomic mass is 16.5. The van der Waals surface area contributed by atoms with E-state index in [4.69, 9.17) is 4.74 Å². The van der Waals surface area contributed by atoms with Crippen LogP contribution in [-0.2, 0) is 0 Å². The lowest BCUT2D eigenvalue weighted by Crippen LogP contribution is -2.49. The highest BCUT2D eigenvalue weighted by Crippen LogP contribution is 2.43. The smallest absolute Gasteiger partial charge is 0.143 e. The van der Waals surface area contributed by atoms with Crippen LogP contribution in [0.15, 0.2) is 89.6 Å². The number of hydrogen-bond acceptors (Lipinski definition) is 4. The van der Waals surface area contributed by atoms with E-state index in [1.54, 1.807) is 0 Å². The molecular formula is C30H27N3O. The molecule has 0 spiro atoms. The summed E-state index contributed by atoms with van der Waals surface area (Å²) in [5.74, 6) is 0.894. The van der Waals surface area contributed by atoms with E-state index in [1.807, 2.05) is 12.3 Å². The summed E-state index contributed by atoms with van der Waals surface area (Å²) in [6.45, 7) is 0. The fourth-order valence-corrected chi connectivity index (χ4v) is 5.34. The molecule has 0 bridgehead atoms. The van der Waals surface area contributed by atoms with Gasteiger partial charge >= 0.3 is 0 Å². The van der Waals surface area contributed by atoms with Crippen LogP contribution in [0.2, 0.25) is 0 Å². The van der Waals surface area contributed by atoms with Crippen molar-refractivity contribution in [2.75, 3.05) is 4.90 Å². The molecule has 4 nitrogen and oxygen atoms in total. The van der Waals surface area contributed by atoms with Gasteiger partial charge in [-0.25, -0.2) is 0 Å². The summed E-state index contributed by atoms with van der Waals surface area (Å²) in [6.07, 6.45) is 18.2. The Kier molecular flexibility index (Phi) is 5.39. The third-order valence-corrected chi connectivity index (χ3v) is 7.06. The largest absolute Gasteiger partial charge is 0.486 e. The van der Waals surface area contributed by atoms with E-state index in [9.17, 15) is 5.26 Å². The molecule has 168 valence electrons. The first-order valence-corrected chi connectivity index (χ1v) is 12.2. The van der Waals surface area contributed by atoms with Crippen LogP contribution < -0.4 is 9.64 Å². The number of aliphatic imine (C=N–C) groups is 1. The van der Waals surface area contributed by atoms with Crippen molar-refractivity contribution in [3.8, 4) is 11.8 Å². The molecule has 4 aliphatic rings. The molecule has 34 heavy (non-hydrogen) atoms. The summed E-state index contributed by atoms with van der Waals surface area (Å²) < 4.78 is 6.38. The predicted octanol–water partition coefficient (Wildman–Crippen LogP) is 6.69. The summed E-state index contributed by atoms with van der Waals surface area (Å²) >= 11 is 0. The Hall–Kier alpha value is -3.84. The molecule has 2 heterocycles. The van der Waals surface area contributed by atoms with Gasteiger partial charge in [0.15, 0.2) is 0 Å². The first-order chi connectivity index (χ1) is 16.8. The Morgan fingerprint density at radius 1 is 1.03 bits per heavy atom. The zero-order valence-electron chi connectivity index (χ0n) is 19.1. The van der Waals surface area contributed by atoms with Crippen molar-refractivity contribution in [2.45, 2.75) is 44.2 Å². The number of nitrogens with zero attached hydrogens (tertiary/aromatic N) is 3. The molecule has 0 fully saturated rings. The van der Waals surface area contributed by atoms with Crippen LogP contribution in [0.25, 0.3) is 11.3 Å². The van der Waals surface area contributed by atoms with E-state index in [0.29, 0.717) is 6.42 Å². The molecule has 4 heteroatoms. The topological polar surface area (TPSA) is 48.6 Å². The Bertz CT molecular complexity index is 1290. The normalized spacial score (nSPS) is 25.2. The third kappa shape index (κ3) is 3.78. The molecular weight excluding hydrogens is 418 g/mol. The zero-order chi connectivity index (χ0) is 22.9. The zero-order valence-corrected chi connectivity index (χ0v) is 19.1. The number of fused-ring (bicyclic) bond motifs is 2. The first-order valence-electron chi connectivity index (χ1n) is 12.2. The van der Waals surface area contributed by atoms with Gasteiger partial charge in [0.05, 0.1) is 29.4 Å². The van der Waals surface area contributed by atoms with Crippen molar-refractivity contribution in [2.24, 2.45) is 10.9 Å². The molecule has 6 rings (SSSR count). The summed E-state index contributed by atoms with van der Waals surface area (Å²) in [5.41, 5.74) is 6.90. The summed E-state index contributed by atoms with van der Waals surface area (Å²) in [7, 11) is 0. The lowest BCUT2D eigenvalue weighted by atomic mass is 9.91. The van der Waals surface area contributed by atoms with E-state index in [2.05, 4.69) is 88.8 Å². The second-order valence-corrected chi connectivity index (χ2v) is 9.24. The summed E-state index contributed by atoms with van der Waals surface area (Å²) in [6, 6.07) is 19.6. The highest BCUT2D eigenvalue weighted by molar-refractivity contribution is 5.81. The minimum Gasteiger partial charge on any atom is -0.486 e. The van der Waals surface area contributed by atoms with Gasteiger partial charge in [-0.15, -0.1) is 0 Å². The van der Waals surface area contributed by atoms with E-state index in [1.165, 1.54) is 16.8 Å². The van der Waals surface area contributed by atoms with Gasteiger partial charge in [-0.2, -0.15) is 5.26 Å². The summed E-state index contributed by atoms with van der Waals surface area (Å²) in [5, 5.41) is 9.25. The number of benzene rings is 2. The monoisotopic (exact) mass is 445 g/mol. The average Bonchev–Trinajstić information content (AvgIpc) is 2.92. The quantitative estimate of drug-likeness (QED) is 0.495. The van der Waals surface area contributed by atoms with Gasteiger partial charge in [0.2, 0.25) is 0 Å². The Balaban J connectivity index is 1.31. The van der Waals surface area contributed by atoms with Crippen LogP contribution in [0.5, 0.6) is 5.75 Å². The molecule has 0 saturated heterocycles. The third-order valence-electron chi connectivity index (χ3n) is 7.06. The van der Waals surface area contributed by atoms with Crippen LogP contribution in [-0.4, -0.2) is 18.4 Å². The van der Waals surface area contributed by atoms with Crippen molar-refractivity contribution in [1.82, 2.24) is 0 Å². The van der Waals surface area contributed by atoms with Crippen LogP contribution in [0, 0.1) is 17.2 Å². The van der Waals surface area contributed by atoms with Gasteiger partial charge in [-0.05, 0) is 66.7 Å². The second kappa shape index (κ2) is 8.83. The second-order valence-electron chi connectivity index (χ2n) is 9.24. The van der Waals surface area contributed by atoms with E-state index < -0.39 is 0 Å². The van der Waals surface area contributed by atoms with Gasteiger partial charge in [-0.3, -0.25) is 4.99 Å². The SMILES string of the molecule is N#CC1C=C(c2ccc(C3=CCCC(N4c5ccccc5OC5CCC=CC54)=C3)cc2)N=CC1. The molecule has 0 saturated carbocycles. The van der Waals surface area contributed by atoms with Crippen LogP contribution in [0.4, 0.5) is 5.69 Å². The fourth-order valence-electron chi connectivity index (χ4n) is 5.34. The maximum atomic E-state index is 9.25. The van der Waals surface area contributed by atoms with Gasteiger partial charge in [-0.1, -0.05) is 54.6 Å². The number of para-hydroxylation sites is 2. The molecule has 0 radical (unpaired) electrons. The maximum Gasteiger partial charge on any atom is 0.143 e. The Morgan fingerprint density at radius 2 is 1.88 bits per heavy atom. The molecule has 3 atom stereocenters. The number of rotatable bonds is 3. The standard InChI is InChI=1S/C30H27N3O/c31-20-21-16-17-32-26(18-21)23-14-12-22(13-15-23)24-6-5-7-25(19-24)33-27-8-1-3-10-29(27)34-30-11-4-2-9-28(30)33/h1-3,6,8-10,12-15,17-19,21,28,30H,4-5,7,11,16H2. The molecule has 3 unspecified atom stereocenters. The van der Waals surface area contributed by atoms with Crippen LogP contribution in [0.1, 0.15) is 43.2 Å². The summed E-state index contributed by atoms with van der Waals surface area (Å²) in [4.78, 5) is 7.01. The van der Waals surface area contributed by atoms with Crippen LogP contribution >= 0.6 is 0 Å². The first kappa shape index (κ1) is 20.7. The van der Waals surface area contributed by atoms with Crippen molar-refractivity contribution in [1.29, 1.82) is 5.26 Å². The minimum atomic E-state index is -0.0900. The minimum absolute atomic E-state index is 0.0900. The van der Waals surface area contributed by atoms with Gasteiger partial charge in [0.1, 0.15) is 11.9 Å². The van der Waals surface area contributed by atoms with Crippen molar-refractivity contribution in [3.05, 3.63) is 95.7 Å². The fraction of sp³-hybridized carbons (Fsp3) is 0.267. The molecule has 0 amide bonds. The molecule has 2 aromatic carbocycles. The number of nitriles is 1. The molecule has 0 N–H and O–H groups in total. The van der Waals surface area contributed by atoms with Crippen molar-refractivity contribution in [3.63, 3.8) is 0 Å². The molecule has 0 aromatic heterocycles. The lowest BCUT2D eigenvalue weighted by Gasteiger charge is -2.45. The Labute approximate surface area is 200 Å². The van der Waals surface area contributed by atoms with E-state index >= 15 is 0 Å². The van der Waals surface area contributed by atoms with Gasteiger partial charge < -0.3 is 9.64 Å². The molecule has 2 aromatic rings. The van der Waals surface area contributed by atoms with Crippen LogP contribution in [0.3, 0.4) is 0 Å². The number of anilines is 1. The maximum absolute atomic E-state index is 9.25. The van der Waals surface area contributed by atoms with E-state index in [0.717, 1.165) is 48.4 Å². The molecule has 2 aliphatic carbocycles. The number of hydrogen-bond donors (Lipinski definition) is 0. The average molecular weight is 446 g/mol. The Morgan fingerprint density at radius 3 is 2.76 bits per heavy atom. The number of ether oxygens (including phenoxy) is 1. The predicted molar refractivity (Wildman–Crippen MR) is 137 cm³/mol. The lowest BCUT2D eigenvalue weighted by molar-refractivity contribution is 0.158. The number of allylic oxidation sites excluding steroid dienone is 6. The van der Waals surface area contributed by atoms with Gasteiger partial charge in [0.25, 0.3) is 0 Å². The highest BCUT2D eigenvalue weighted by Gasteiger charge is 2.37. The van der Waals surface area contributed by atoms with Gasteiger partial charge in [0, 0.05) is 18.3 Å².